The maximum Gasteiger partial charge on any atom is 0.238 e. The molecule has 2 aliphatic rings. The van der Waals surface area contributed by atoms with E-state index < -0.39 is 11.6 Å². The van der Waals surface area contributed by atoms with E-state index in [1.54, 1.807) is 0 Å². The van der Waals surface area contributed by atoms with E-state index in [-0.39, 0.29) is 18.1 Å². The molecule has 1 amide bonds. The third-order valence-corrected chi connectivity index (χ3v) is 4.27. The molecule has 2 N–H and O–H groups in total. The van der Waals surface area contributed by atoms with Crippen LogP contribution in [0.15, 0.2) is 18.2 Å². The number of benzene rings is 1. The predicted octanol–water partition coefficient (Wildman–Crippen LogP) is 1.59. The van der Waals surface area contributed by atoms with Gasteiger partial charge in [-0.15, -0.1) is 0 Å². The molecule has 2 heterocycles. The van der Waals surface area contributed by atoms with Gasteiger partial charge in [0.1, 0.15) is 17.3 Å². The molecule has 0 aromatic heterocycles. The first-order valence-corrected chi connectivity index (χ1v) is 7.33. The highest BCUT2D eigenvalue weighted by Gasteiger charge is 2.34. The Bertz CT molecular complexity index is 503. The van der Waals surface area contributed by atoms with Crippen LogP contribution < -0.4 is 10.6 Å². The third-order valence-electron chi connectivity index (χ3n) is 4.27. The number of fused-ring (bicyclic) bond motifs is 1. The molecule has 0 radical (unpaired) electrons. The topological polar surface area (TPSA) is 44.4 Å². The number of halogens is 2. The molecular weight excluding hydrogens is 276 g/mol. The molecule has 0 bridgehead atoms. The second kappa shape index (κ2) is 6.07. The van der Waals surface area contributed by atoms with Crippen LogP contribution in [0.4, 0.5) is 14.5 Å². The van der Waals surface area contributed by atoms with E-state index in [9.17, 15) is 13.6 Å². The van der Waals surface area contributed by atoms with Crippen LogP contribution in [0.2, 0.25) is 0 Å². The lowest BCUT2D eigenvalue weighted by atomic mass is 9.94. The van der Waals surface area contributed by atoms with Gasteiger partial charge in [0.15, 0.2) is 0 Å². The molecule has 114 valence electrons. The molecule has 0 saturated carbocycles. The number of rotatable bonds is 3. The number of nitrogens with one attached hydrogen (secondary N) is 2. The summed E-state index contributed by atoms with van der Waals surface area (Å²) in [5.74, 6) is -1.30. The zero-order valence-electron chi connectivity index (χ0n) is 11.7. The van der Waals surface area contributed by atoms with E-state index in [2.05, 4.69) is 10.6 Å². The van der Waals surface area contributed by atoms with Crippen LogP contribution in [-0.2, 0) is 4.79 Å². The Morgan fingerprint density at radius 3 is 2.81 bits per heavy atom. The van der Waals surface area contributed by atoms with Crippen molar-refractivity contribution in [2.75, 3.05) is 31.5 Å². The standard InChI is InChI=1S/C15H19F2N3O/c16-11-4-1-5-12(17)15(11)19-14(21)9-20-7-10-3-2-6-18-13(10)8-20/h1,4-5,10,13,18H,2-3,6-9H2,(H,19,21)/t10-,13+/m0/s1. The fourth-order valence-corrected chi connectivity index (χ4v) is 3.26. The molecular formula is C15H19F2N3O. The van der Waals surface area contributed by atoms with Crippen molar-refractivity contribution in [3.63, 3.8) is 0 Å². The van der Waals surface area contributed by atoms with E-state index in [1.807, 2.05) is 4.90 Å². The second-order valence-corrected chi connectivity index (χ2v) is 5.80. The first-order chi connectivity index (χ1) is 10.1. The molecule has 6 heteroatoms. The van der Waals surface area contributed by atoms with Gasteiger partial charge in [0.2, 0.25) is 5.91 Å². The lowest BCUT2D eigenvalue weighted by Crippen LogP contribution is -2.41. The number of carbonyl (C=O) groups excluding carboxylic acids is 1. The Morgan fingerprint density at radius 1 is 1.33 bits per heavy atom. The monoisotopic (exact) mass is 295 g/mol. The Labute approximate surface area is 122 Å². The van der Waals surface area contributed by atoms with Gasteiger partial charge in [0.05, 0.1) is 6.54 Å². The van der Waals surface area contributed by atoms with E-state index in [4.69, 9.17) is 0 Å². The lowest BCUT2D eigenvalue weighted by molar-refractivity contribution is -0.117. The van der Waals surface area contributed by atoms with Crippen molar-refractivity contribution in [3.8, 4) is 0 Å². The molecule has 1 aromatic rings. The van der Waals surface area contributed by atoms with Crippen LogP contribution >= 0.6 is 0 Å². The van der Waals surface area contributed by atoms with Crippen molar-refractivity contribution in [2.24, 2.45) is 5.92 Å². The summed E-state index contributed by atoms with van der Waals surface area (Å²) in [5, 5.41) is 5.79. The van der Waals surface area contributed by atoms with Gasteiger partial charge in [-0.3, -0.25) is 9.69 Å². The molecule has 21 heavy (non-hydrogen) atoms. The van der Waals surface area contributed by atoms with Gasteiger partial charge >= 0.3 is 0 Å². The van der Waals surface area contributed by atoms with E-state index in [1.165, 1.54) is 18.9 Å². The zero-order chi connectivity index (χ0) is 14.8. The number of carbonyl (C=O) groups is 1. The summed E-state index contributed by atoms with van der Waals surface area (Å²) in [6, 6.07) is 3.98. The fraction of sp³-hybridized carbons (Fsp3) is 0.533. The molecule has 2 fully saturated rings. The summed E-state index contributed by atoms with van der Waals surface area (Å²) in [5.41, 5.74) is -0.364. The minimum absolute atomic E-state index is 0.169. The molecule has 1 aromatic carbocycles. The molecule has 0 unspecified atom stereocenters. The summed E-state index contributed by atoms with van der Waals surface area (Å²) in [6.45, 7) is 2.88. The van der Waals surface area contributed by atoms with Crippen molar-refractivity contribution in [1.29, 1.82) is 0 Å². The average molecular weight is 295 g/mol. The van der Waals surface area contributed by atoms with Gasteiger partial charge in [0.25, 0.3) is 0 Å². The molecule has 0 spiro atoms. The fourth-order valence-electron chi connectivity index (χ4n) is 3.26. The smallest absolute Gasteiger partial charge is 0.238 e. The van der Waals surface area contributed by atoms with Crippen LogP contribution in [0.25, 0.3) is 0 Å². The highest BCUT2D eigenvalue weighted by atomic mass is 19.1. The van der Waals surface area contributed by atoms with Gasteiger partial charge < -0.3 is 10.6 Å². The van der Waals surface area contributed by atoms with Crippen LogP contribution in [0, 0.1) is 17.6 Å². The number of hydrogen-bond acceptors (Lipinski definition) is 3. The van der Waals surface area contributed by atoms with Crippen molar-refractivity contribution in [2.45, 2.75) is 18.9 Å². The number of likely N-dealkylation sites (tertiary alicyclic amines) is 1. The van der Waals surface area contributed by atoms with Crippen LogP contribution in [0.5, 0.6) is 0 Å². The molecule has 2 saturated heterocycles. The van der Waals surface area contributed by atoms with Crippen molar-refractivity contribution < 1.29 is 13.6 Å². The van der Waals surface area contributed by atoms with Gasteiger partial charge in [-0.2, -0.15) is 0 Å². The summed E-state index contributed by atoms with van der Waals surface area (Å²) in [4.78, 5) is 14.0. The molecule has 2 atom stereocenters. The SMILES string of the molecule is O=C(CN1C[C@@H]2CCCN[C@@H]2C1)Nc1c(F)cccc1F. The first kappa shape index (κ1) is 14.4. The van der Waals surface area contributed by atoms with Crippen LogP contribution in [-0.4, -0.2) is 43.0 Å². The van der Waals surface area contributed by atoms with Crippen molar-refractivity contribution in [3.05, 3.63) is 29.8 Å². The minimum Gasteiger partial charge on any atom is -0.320 e. The molecule has 4 nitrogen and oxygen atoms in total. The second-order valence-electron chi connectivity index (χ2n) is 5.80. The number of hydrogen-bond donors (Lipinski definition) is 2. The van der Waals surface area contributed by atoms with Crippen molar-refractivity contribution >= 4 is 11.6 Å². The number of para-hydroxylation sites is 1. The third kappa shape index (κ3) is 3.22. The zero-order valence-corrected chi connectivity index (χ0v) is 11.7. The molecule has 0 aliphatic carbocycles. The minimum atomic E-state index is -0.750. The quantitative estimate of drug-likeness (QED) is 0.890. The largest absolute Gasteiger partial charge is 0.320 e. The first-order valence-electron chi connectivity index (χ1n) is 7.33. The average Bonchev–Trinajstić information content (AvgIpc) is 2.85. The summed E-state index contributed by atoms with van der Waals surface area (Å²) in [6.07, 6.45) is 2.35. The van der Waals surface area contributed by atoms with Crippen molar-refractivity contribution in [1.82, 2.24) is 10.2 Å². The Balaban J connectivity index is 1.57. The highest BCUT2D eigenvalue weighted by molar-refractivity contribution is 5.92. The highest BCUT2D eigenvalue weighted by Crippen LogP contribution is 2.25. The van der Waals surface area contributed by atoms with E-state index >= 15 is 0 Å². The van der Waals surface area contributed by atoms with Gasteiger partial charge in [-0.1, -0.05) is 6.07 Å². The number of piperidine rings is 1. The summed E-state index contributed by atoms with van der Waals surface area (Å²) in [7, 11) is 0. The number of amides is 1. The number of anilines is 1. The van der Waals surface area contributed by atoms with Gasteiger partial charge in [-0.25, -0.2) is 8.78 Å². The maximum atomic E-state index is 13.5. The van der Waals surface area contributed by atoms with Crippen LogP contribution in [0.3, 0.4) is 0 Å². The van der Waals surface area contributed by atoms with Crippen LogP contribution in [0.1, 0.15) is 12.8 Å². The number of nitrogens with zero attached hydrogens (tertiary/aromatic N) is 1. The Morgan fingerprint density at radius 2 is 2.10 bits per heavy atom. The summed E-state index contributed by atoms with van der Waals surface area (Å²) >= 11 is 0. The van der Waals surface area contributed by atoms with Gasteiger partial charge in [0, 0.05) is 19.1 Å². The lowest BCUT2D eigenvalue weighted by Gasteiger charge is -2.24. The predicted molar refractivity (Wildman–Crippen MR) is 75.9 cm³/mol. The Kier molecular flexibility index (Phi) is 4.17. The van der Waals surface area contributed by atoms with Gasteiger partial charge in [-0.05, 0) is 37.4 Å². The normalized spacial score (nSPS) is 25.6. The van der Waals surface area contributed by atoms with E-state index in [0.717, 1.165) is 31.8 Å². The Hall–Kier alpha value is -1.53. The molecule has 2 aliphatic heterocycles. The summed E-state index contributed by atoms with van der Waals surface area (Å²) < 4.78 is 27.0. The maximum absolute atomic E-state index is 13.5. The van der Waals surface area contributed by atoms with E-state index in [0.29, 0.717) is 12.0 Å². The molecule has 3 rings (SSSR count).